The van der Waals surface area contributed by atoms with Gasteiger partial charge in [0.25, 0.3) is 31.2 Å². The summed E-state index contributed by atoms with van der Waals surface area (Å²) in [5.74, 6) is 5.16. The number of benzene rings is 11. The minimum Gasteiger partial charge on any atom is -0.465 e. The average Bonchev–Trinajstić information content (AvgIpc) is 1.09. The fourth-order valence-electron chi connectivity index (χ4n) is 12.8. The lowest BCUT2D eigenvalue weighted by molar-refractivity contribution is 0.0597. The van der Waals surface area contributed by atoms with Gasteiger partial charge in [0.1, 0.15) is 15.6 Å². The number of aryl methyl sites for hydroxylation is 3. The molecule has 0 saturated heterocycles. The van der Waals surface area contributed by atoms with E-state index in [1.54, 1.807) is 162 Å². The number of amides is 2. The Bertz CT molecular complexity index is 6810. The number of ether oxygens (including phenoxy) is 2. The van der Waals surface area contributed by atoms with E-state index in [0.717, 1.165) is 27.8 Å². The third-order valence-corrected chi connectivity index (χ3v) is 24.4. The maximum Gasteiger partial charge on any atom is 0.350 e. The molecule has 0 aliphatic rings. The summed E-state index contributed by atoms with van der Waals surface area (Å²) >= 11 is 10.4. The molecule has 15 rings (SSSR count). The number of primary sulfonamides is 1. The molecule has 4 aromatic heterocycles. The molecule has 0 atom stereocenters. The summed E-state index contributed by atoms with van der Waals surface area (Å²) < 4.78 is 33.0. The molecule has 0 fully saturated rings. The molecular weight excluding hydrogens is 1790 g/mol. The Morgan fingerprint density at radius 2 is 0.742 bits per heavy atom. The summed E-state index contributed by atoms with van der Waals surface area (Å²) in [7, 11) is -1.23. The largest absolute Gasteiger partial charge is 0.465 e. The molecule has 666 valence electrons. The zero-order valence-corrected chi connectivity index (χ0v) is 79.2. The molecule has 0 radical (unpaired) electrons. The van der Waals surface area contributed by atoms with Gasteiger partial charge in [-0.05, 0) is 217 Å². The number of esters is 2. The second-order valence-electron chi connectivity index (χ2n) is 29.9. The summed E-state index contributed by atoms with van der Waals surface area (Å²) in [6, 6.07) is 91.3. The Hall–Kier alpha value is -14.4. The van der Waals surface area contributed by atoms with Gasteiger partial charge < -0.3 is 37.3 Å². The number of halogens is 1. The summed E-state index contributed by atoms with van der Waals surface area (Å²) in [6.45, 7) is 6.20. The number of nitrogens with two attached hydrogens (primary N) is 4. The Kier molecular flexibility index (Phi) is 38.3. The van der Waals surface area contributed by atoms with Crippen molar-refractivity contribution in [3.05, 3.63) is 405 Å². The number of methoxy groups -OCH3 is 2. The first-order valence-electron chi connectivity index (χ1n) is 40.8. The topological polar surface area (TPSA) is 389 Å². The average molecular weight is 1880 g/mol. The second kappa shape index (κ2) is 49.9. The normalized spacial score (nSPS) is 10.2. The predicted molar refractivity (Wildman–Crippen MR) is 535 cm³/mol. The van der Waals surface area contributed by atoms with E-state index in [-0.39, 0.29) is 79.3 Å². The number of nitrogens with one attached hydrogen (secondary N) is 3. The van der Waals surface area contributed by atoms with Crippen LogP contribution in [-0.2, 0) is 38.8 Å². The molecule has 11 aromatic carbocycles. The minimum atomic E-state index is -3.91. The first-order chi connectivity index (χ1) is 63.3. The Balaban J connectivity index is 0.000000187. The number of nitrogens with zero attached hydrogens (tertiary/aromatic N) is 2. The maximum absolute atomic E-state index is 13.0. The molecule has 0 aliphatic heterocycles. The summed E-state index contributed by atoms with van der Waals surface area (Å²) in [6.07, 6.45) is 0.360. The molecule has 132 heavy (non-hydrogen) atoms. The van der Waals surface area contributed by atoms with Crippen molar-refractivity contribution in [3.63, 3.8) is 0 Å². The van der Waals surface area contributed by atoms with Crippen molar-refractivity contribution in [2.24, 2.45) is 10.9 Å². The highest BCUT2D eigenvalue weighted by atomic mass is 35.5. The molecule has 0 aliphatic carbocycles. The number of sulfonamides is 1. The van der Waals surface area contributed by atoms with Crippen molar-refractivity contribution in [2.45, 2.75) is 62.3 Å². The third kappa shape index (κ3) is 29.8. The third-order valence-electron chi connectivity index (χ3n) is 19.4. The van der Waals surface area contributed by atoms with Crippen molar-refractivity contribution in [1.29, 1.82) is 15.9 Å². The van der Waals surface area contributed by atoms with Crippen molar-refractivity contribution in [3.8, 4) is 56.6 Å². The lowest BCUT2D eigenvalue weighted by Crippen LogP contribution is -2.15. The molecule has 0 saturated carbocycles. The van der Waals surface area contributed by atoms with Crippen molar-refractivity contribution in [1.82, 2.24) is 0 Å². The molecule has 11 N–H and O–H groups in total. The number of ketones is 3. The monoisotopic (exact) mass is 1880 g/mol. The number of hydrogen-bond acceptors (Lipinski definition) is 21. The van der Waals surface area contributed by atoms with Gasteiger partial charge in [0.05, 0.1) is 57.8 Å². The zero-order valence-electron chi connectivity index (χ0n) is 73.2. The van der Waals surface area contributed by atoms with Crippen LogP contribution in [0.4, 0.5) is 22.7 Å². The maximum atomic E-state index is 13.0. The van der Waals surface area contributed by atoms with Crippen LogP contribution in [0.25, 0.3) is 44.5 Å². The van der Waals surface area contributed by atoms with E-state index in [1.807, 2.05) is 115 Å². The van der Waals surface area contributed by atoms with Crippen molar-refractivity contribution >= 4 is 156 Å². The van der Waals surface area contributed by atoms with Crippen LogP contribution < -0.4 is 33.0 Å². The van der Waals surface area contributed by atoms with E-state index in [2.05, 4.69) is 96.0 Å². The Morgan fingerprint density at radius 3 is 1.11 bits per heavy atom. The quantitative estimate of drug-likeness (QED) is 0.00630. The van der Waals surface area contributed by atoms with Gasteiger partial charge in [0.15, 0.2) is 17.3 Å². The molecule has 4 heterocycles. The van der Waals surface area contributed by atoms with Crippen LogP contribution >= 0.6 is 56.9 Å². The molecule has 2 amide bonds. The van der Waals surface area contributed by atoms with E-state index in [9.17, 15) is 46.8 Å². The number of Topliss-reactive ketones (excluding diaryl/α,β-unsaturated/α-hetero) is 3. The summed E-state index contributed by atoms with van der Waals surface area (Å²) in [4.78, 5) is 99.3. The highest BCUT2D eigenvalue weighted by Crippen LogP contribution is 2.32. The van der Waals surface area contributed by atoms with Gasteiger partial charge in [-0.2, -0.15) is 10.5 Å². The standard InChI is InChI=1S/C27H20N2O2S.C26H22N4O4S2.C21H18O3S.C14H11ClO.C7H6N2.C6H7NO2S.3CH3.Al/c1-18-5-2-3-8-24(18)20-9-11-21(12-10-20)25(30)16-22-13-14-32-26(22)27(31)29-23-7-4-6-19(15-23)17-28;27-25(28)19-4-3-5-20(14-19)30-26(32)24-18(12-13-35-24)15-22(31)17-10-8-16(9-11-17)21-6-1-2-7-23(21)36(29,33)34;1-14-5-3-4-6-18(14)15-7-9-16(10-8-15)19(22)13-17-11-12-25-20(17)21(23)24-2;1-10-4-2-3-5-13(10)11-6-8-12(9-7-11)14(15)16;8-5-6-2-1-3-7(9)4-6;1-9-6(8)5-4(7)2-3-10-5;;;;/h2-15H,16H2,1H3,(H,29,31);1-14H,15H2,(H3,27,28)(H,30,32)(H2,29,33,34);3-12H,13H2,1-2H3;2-9H,1H3;1-4H,9H2;2-3H,7H2,1H3;3*1H3;. The van der Waals surface area contributed by atoms with E-state index in [4.69, 9.17) is 54.6 Å². The van der Waals surface area contributed by atoms with E-state index >= 15 is 0 Å². The lowest BCUT2D eigenvalue weighted by atomic mass is 9.97. The summed E-state index contributed by atoms with van der Waals surface area (Å²) in [5.41, 5.74) is 35.6. The number of carbonyl (C=O) groups excluding carboxylic acids is 8. The highest BCUT2D eigenvalue weighted by Gasteiger charge is 2.23. The molecular formula is C104H93AlClN9O12S5. The van der Waals surface area contributed by atoms with Gasteiger partial charge in [-0.15, -0.1) is 62.7 Å². The van der Waals surface area contributed by atoms with E-state index in [0.29, 0.717) is 109 Å². The van der Waals surface area contributed by atoms with Crippen molar-refractivity contribution < 1.29 is 56.2 Å². The molecule has 0 spiro atoms. The molecule has 0 bridgehead atoms. The first kappa shape index (κ1) is 101. The number of thiophene rings is 4. The second-order valence-corrected chi connectivity index (χ2v) is 38.9. The van der Waals surface area contributed by atoms with Gasteiger partial charge in [-0.1, -0.05) is 200 Å². The number of amidine groups is 1. The molecule has 0 unspecified atom stereocenters. The molecule has 21 nitrogen and oxygen atoms in total. The summed E-state index contributed by atoms with van der Waals surface area (Å²) in [5, 5.41) is 42.5. The van der Waals surface area contributed by atoms with Crippen LogP contribution in [0.1, 0.15) is 130 Å². The minimum absolute atomic E-state index is 0.00634. The van der Waals surface area contributed by atoms with E-state index in [1.165, 1.54) is 87.9 Å². The fourth-order valence-corrected chi connectivity index (χ4v) is 16.9. The van der Waals surface area contributed by atoms with Crippen LogP contribution in [0, 0.1) is 48.8 Å². The van der Waals surface area contributed by atoms with Crippen LogP contribution in [-0.4, -0.2) is 89.0 Å². The van der Waals surface area contributed by atoms with Gasteiger partial charge in [0, 0.05) is 69.7 Å². The van der Waals surface area contributed by atoms with Gasteiger partial charge in [0.2, 0.25) is 10.0 Å². The number of nitriles is 2. The van der Waals surface area contributed by atoms with Crippen LogP contribution in [0.15, 0.2) is 318 Å². The van der Waals surface area contributed by atoms with Gasteiger partial charge in [-0.25, -0.2) is 23.1 Å². The van der Waals surface area contributed by atoms with E-state index < -0.39 is 21.2 Å². The number of hydrogen-bond donors (Lipinski definition) is 7. The molecule has 15 aromatic rings. The smallest absolute Gasteiger partial charge is 0.350 e. The predicted octanol–water partition coefficient (Wildman–Crippen LogP) is 22.9. The van der Waals surface area contributed by atoms with Crippen LogP contribution in [0.2, 0.25) is 17.4 Å². The van der Waals surface area contributed by atoms with Gasteiger partial charge >= 0.3 is 11.9 Å². The fraction of sp³-hybridized carbons (Fsp3) is 0.106. The number of nitrogen functional groups attached to an aromatic ring is 3. The van der Waals surface area contributed by atoms with Crippen LogP contribution in [0.3, 0.4) is 0 Å². The highest BCUT2D eigenvalue weighted by molar-refractivity contribution is 7.89. The van der Waals surface area contributed by atoms with Crippen molar-refractivity contribution in [2.75, 3.05) is 36.3 Å². The zero-order chi connectivity index (χ0) is 95.6. The Labute approximate surface area is 792 Å². The van der Waals surface area contributed by atoms with Crippen LogP contribution in [0.5, 0.6) is 0 Å². The first-order valence-corrected chi connectivity index (χ1v) is 49.7. The number of rotatable bonds is 22. The number of anilines is 4. The van der Waals surface area contributed by atoms with Gasteiger partial charge in [-0.3, -0.25) is 34.2 Å². The lowest BCUT2D eigenvalue weighted by Gasteiger charge is -2.09. The SMILES string of the molecule is COC(=O)c1sccc1CC(=O)c1ccc(-c2ccccc2C)cc1.COC(=O)c1sccc1N.Cc1ccccc1-c1ccc(C(=O)Cc2ccsc2C(=O)Nc2cccc(C#N)c2)cc1.Cc1ccccc1-c1ccc(C(=O)Cl)cc1.N#Cc1cccc(N)c1.N=C(N)c1cccc(NC(=O)c2sccc2CC(=O)c2ccc(-c3ccccc3S(N)(=O)=O)cc2)c1.[CH3][Al]([CH3])[CH3]. The molecule has 28 heteroatoms. The number of carbonyl (C=O) groups is 8. The Morgan fingerprint density at radius 1 is 0.409 bits per heavy atom.